The lowest BCUT2D eigenvalue weighted by atomic mass is 9.84. The second-order valence-corrected chi connectivity index (χ2v) is 5.86. The number of nitrogens with one attached hydrogen (secondary N) is 1. The number of nitro benzene ring substituents is 1. The van der Waals surface area contributed by atoms with Gasteiger partial charge in [0.1, 0.15) is 0 Å². The van der Waals surface area contributed by atoms with E-state index in [-0.39, 0.29) is 18.1 Å². The lowest BCUT2D eigenvalue weighted by Crippen LogP contribution is -2.40. The summed E-state index contributed by atoms with van der Waals surface area (Å²) in [6.45, 7) is 0. The first kappa shape index (κ1) is 15.9. The molecule has 0 aliphatic carbocycles. The minimum Gasteiger partial charge on any atom is -0.370 e. The number of non-ortho nitro benzene ring substituents is 1. The first-order valence-electron chi connectivity index (χ1n) is 7.07. The molecule has 3 rings (SSSR count). The van der Waals surface area contributed by atoms with Gasteiger partial charge in [0, 0.05) is 23.6 Å². The first-order chi connectivity index (χ1) is 11.4. The number of nitro groups is 1. The Labute approximate surface area is 142 Å². The average molecular weight is 345 g/mol. The van der Waals surface area contributed by atoms with Crippen molar-refractivity contribution in [1.29, 1.82) is 0 Å². The molecular formula is C16H13ClN4O3. The predicted octanol–water partition coefficient (Wildman–Crippen LogP) is 2.13. The molecule has 24 heavy (non-hydrogen) atoms. The van der Waals surface area contributed by atoms with Crippen molar-refractivity contribution in [3.8, 4) is 0 Å². The second kappa shape index (κ2) is 5.93. The van der Waals surface area contributed by atoms with E-state index in [0.29, 0.717) is 10.6 Å². The van der Waals surface area contributed by atoms with E-state index in [2.05, 4.69) is 10.3 Å². The molecule has 1 aliphatic heterocycles. The Morgan fingerprint density at radius 3 is 2.62 bits per heavy atom. The summed E-state index contributed by atoms with van der Waals surface area (Å²) < 4.78 is 0. The molecule has 1 unspecified atom stereocenters. The maximum Gasteiger partial charge on any atom is 0.269 e. The molecule has 0 radical (unpaired) electrons. The fourth-order valence-electron chi connectivity index (χ4n) is 2.74. The number of amides is 1. The molecule has 2 aromatic carbocycles. The minimum absolute atomic E-state index is 0.0199. The highest BCUT2D eigenvalue weighted by molar-refractivity contribution is 6.30. The van der Waals surface area contributed by atoms with Gasteiger partial charge in [0.25, 0.3) is 11.6 Å². The number of nitrogens with two attached hydrogens (primary N) is 1. The lowest BCUT2D eigenvalue weighted by Gasteiger charge is -2.24. The van der Waals surface area contributed by atoms with Gasteiger partial charge in [-0.2, -0.15) is 0 Å². The Balaban J connectivity index is 2.12. The third-order valence-corrected chi connectivity index (χ3v) is 4.05. The van der Waals surface area contributed by atoms with E-state index < -0.39 is 16.4 Å². The molecule has 0 saturated heterocycles. The molecule has 0 spiro atoms. The van der Waals surface area contributed by atoms with Gasteiger partial charge in [0.15, 0.2) is 11.5 Å². The van der Waals surface area contributed by atoms with E-state index in [1.54, 1.807) is 24.3 Å². The van der Waals surface area contributed by atoms with Gasteiger partial charge < -0.3 is 5.73 Å². The van der Waals surface area contributed by atoms with Gasteiger partial charge in [0.2, 0.25) is 0 Å². The monoisotopic (exact) mass is 344 g/mol. The number of carbonyl (C=O) groups is 1. The van der Waals surface area contributed by atoms with Gasteiger partial charge in [-0.15, -0.1) is 0 Å². The normalized spacial score (nSPS) is 19.7. The standard InChI is InChI=1S/C16H13ClN4O3/c17-12-5-1-3-10(7-12)9-16(14(22)19-15(18)20-16)11-4-2-6-13(8-11)21(23)24/h1-8H,9H2,(H3,18,19,20,22). The van der Waals surface area contributed by atoms with Crippen LogP contribution in [0.25, 0.3) is 0 Å². The largest absolute Gasteiger partial charge is 0.370 e. The third-order valence-electron chi connectivity index (χ3n) is 3.81. The van der Waals surface area contributed by atoms with Crippen molar-refractivity contribution in [2.45, 2.75) is 12.0 Å². The third kappa shape index (κ3) is 2.81. The highest BCUT2D eigenvalue weighted by Crippen LogP contribution is 2.35. The van der Waals surface area contributed by atoms with E-state index in [4.69, 9.17) is 17.3 Å². The molecule has 7 nitrogen and oxygen atoms in total. The molecule has 3 N–H and O–H groups in total. The van der Waals surface area contributed by atoms with Crippen LogP contribution >= 0.6 is 11.6 Å². The number of guanidine groups is 1. The lowest BCUT2D eigenvalue weighted by molar-refractivity contribution is -0.384. The van der Waals surface area contributed by atoms with Crippen LogP contribution in [0.1, 0.15) is 11.1 Å². The minimum atomic E-state index is -1.36. The van der Waals surface area contributed by atoms with Crippen molar-refractivity contribution in [3.05, 3.63) is 74.8 Å². The number of benzene rings is 2. The molecule has 1 amide bonds. The van der Waals surface area contributed by atoms with Crippen LogP contribution in [0.4, 0.5) is 5.69 Å². The van der Waals surface area contributed by atoms with Crippen molar-refractivity contribution >= 4 is 29.2 Å². The van der Waals surface area contributed by atoms with Gasteiger partial charge in [-0.05, 0) is 23.3 Å². The smallest absolute Gasteiger partial charge is 0.269 e. The summed E-state index contributed by atoms with van der Waals surface area (Å²) in [5.41, 5.74) is 5.36. The summed E-state index contributed by atoms with van der Waals surface area (Å²) in [5.74, 6) is -0.450. The van der Waals surface area contributed by atoms with E-state index in [1.807, 2.05) is 6.07 Å². The van der Waals surface area contributed by atoms with Crippen LogP contribution in [-0.2, 0) is 16.8 Å². The van der Waals surface area contributed by atoms with E-state index in [0.717, 1.165) is 5.56 Å². The van der Waals surface area contributed by atoms with Crippen LogP contribution in [-0.4, -0.2) is 16.8 Å². The molecule has 1 aliphatic rings. The van der Waals surface area contributed by atoms with Crippen molar-refractivity contribution < 1.29 is 9.72 Å². The quantitative estimate of drug-likeness (QED) is 0.653. The molecule has 0 fully saturated rings. The zero-order valence-electron chi connectivity index (χ0n) is 12.4. The summed E-state index contributed by atoms with van der Waals surface area (Å²) in [6.07, 6.45) is 0.182. The SMILES string of the molecule is NC1=NC(Cc2cccc(Cl)c2)(c2cccc([N+](=O)[O-])c2)C(=O)N1. The Bertz CT molecular complexity index is 868. The van der Waals surface area contributed by atoms with Crippen molar-refractivity contribution in [2.24, 2.45) is 10.7 Å². The molecule has 0 aromatic heterocycles. The van der Waals surface area contributed by atoms with Gasteiger partial charge >= 0.3 is 0 Å². The number of carbonyl (C=O) groups excluding carboxylic acids is 1. The van der Waals surface area contributed by atoms with Crippen LogP contribution in [0.3, 0.4) is 0 Å². The fourth-order valence-corrected chi connectivity index (χ4v) is 2.95. The Kier molecular flexibility index (Phi) is 3.94. The summed E-state index contributed by atoms with van der Waals surface area (Å²) in [4.78, 5) is 27.4. The van der Waals surface area contributed by atoms with Gasteiger partial charge in [-0.25, -0.2) is 4.99 Å². The van der Waals surface area contributed by atoms with Crippen LogP contribution in [0, 0.1) is 10.1 Å². The Morgan fingerprint density at radius 1 is 1.25 bits per heavy atom. The van der Waals surface area contributed by atoms with Crippen LogP contribution in [0.5, 0.6) is 0 Å². The summed E-state index contributed by atoms with van der Waals surface area (Å²) in [5, 5.41) is 14.0. The number of hydrogen-bond acceptors (Lipinski definition) is 5. The summed E-state index contributed by atoms with van der Waals surface area (Å²) >= 11 is 6.00. The number of aliphatic imine (C=N–C) groups is 1. The molecule has 1 heterocycles. The van der Waals surface area contributed by atoms with Gasteiger partial charge in [-0.1, -0.05) is 35.9 Å². The van der Waals surface area contributed by atoms with Crippen molar-refractivity contribution in [1.82, 2.24) is 5.32 Å². The zero-order chi connectivity index (χ0) is 17.3. The van der Waals surface area contributed by atoms with Gasteiger partial charge in [-0.3, -0.25) is 20.2 Å². The fraction of sp³-hybridized carbons (Fsp3) is 0.125. The number of halogens is 1. The molecule has 0 bridgehead atoms. The molecular weight excluding hydrogens is 332 g/mol. The molecule has 1 atom stereocenters. The average Bonchev–Trinajstić information content (AvgIpc) is 2.82. The molecule has 2 aromatic rings. The van der Waals surface area contributed by atoms with E-state index in [1.165, 1.54) is 18.2 Å². The van der Waals surface area contributed by atoms with Crippen LogP contribution in [0.2, 0.25) is 5.02 Å². The summed E-state index contributed by atoms with van der Waals surface area (Å²) in [6, 6.07) is 12.9. The maximum absolute atomic E-state index is 12.6. The molecule has 0 saturated carbocycles. The first-order valence-corrected chi connectivity index (χ1v) is 7.45. The number of nitrogens with zero attached hydrogens (tertiary/aromatic N) is 2. The highest BCUT2D eigenvalue weighted by Gasteiger charge is 2.45. The van der Waals surface area contributed by atoms with Crippen molar-refractivity contribution in [2.75, 3.05) is 0 Å². The molecule has 122 valence electrons. The van der Waals surface area contributed by atoms with E-state index >= 15 is 0 Å². The number of hydrogen-bond donors (Lipinski definition) is 2. The topological polar surface area (TPSA) is 111 Å². The second-order valence-electron chi connectivity index (χ2n) is 5.43. The van der Waals surface area contributed by atoms with Crippen molar-refractivity contribution in [3.63, 3.8) is 0 Å². The van der Waals surface area contributed by atoms with E-state index in [9.17, 15) is 14.9 Å². The predicted molar refractivity (Wildman–Crippen MR) is 89.7 cm³/mol. The number of rotatable bonds is 4. The highest BCUT2D eigenvalue weighted by atomic mass is 35.5. The summed E-state index contributed by atoms with van der Waals surface area (Å²) in [7, 11) is 0. The van der Waals surface area contributed by atoms with Crippen LogP contribution < -0.4 is 11.1 Å². The van der Waals surface area contributed by atoms with Crippen LogP contribution in [0.15, 0.2) is 53.5 Å². The maximum atomic E-state index is 12.6. The Morgan fingerprint density at radius 2 is 2.00 bits per heavy atom. The molecule has 8 heteroatoms. The van der Waals surface area contributed by atoms with Gasteiger partial charge in [0.05, 0.1) is 4.92 Å². The Hall–Kier alpha value is -2.93. The zero-order valence-corrected chi connectivity index (χ0v) is 13.2.